The van der Waals surface area contributed by atoms with Crippen LogP contribution in [0.5, 0.6) is 0 Å². The van der Waals surface area contributed by atoms with Crippen molar-refractivity contribution >= 4 is 5.97 Å². The zero-order chi connectivity index (χ0) is 12.4. The second kappa shape index (κ2) is 4.41. The Hall–Kier alpha value is -2.10. The number of aliphatic carboxylic acids is 1. The van der Waals surface area contributed by atoms with Gasteiger partial charge in [0.15, 0.2) is 0 Å². The van der Waals surface area contributed by atoms with E-state index in [9.17, 15) is 4.79 Å². The van der Waals surface area contributed by atoms with Crippen molar-refractivity contribution in [1.82, 2.24) is 9.78 Å². The highest BCUT2D eigenvalue weighted by Gasteiger charge is 2.10. The first-order valence-electron chi connectivity index (χ1n) is 5.40. The molecule has 0 spiro atoms. The van der Waals surface area contributed by atoms with Gasteiger partial charge in [-0.1, -0.05) is 12.1 Å². The second-order valence-corrected chi connectivity index (χ2v) is 4.09. The lowest BCUT2D eigenvalue weighted by Gasteiger charge is -2.10. The Morgan fingerprint density at radius 1 is 1.35 bits per heavy atom. The number of carboxylic acid groups (broad SMARTS) is 1. The summed E-state index contributed by atoms with van der Waals surface area (Å²) in [5, 5.41) is 13.0. The van der Waals surface area contributed by atoms with Crippen LogP contribution in [0.25, 0.3) is 5.69 Å². The first-order chi connectivity index (χ1) is 8.08. The SMILES string of the molecule is Cc1ccc(C)c(-n2nccc2CC(=O)O)c1. The molecule has 0 saturated heterocycles. The fourth-order valence-electron chi connectivity index (χ4n) is 1.78. The number of rotatable bonds is 3. The van der Waals surface area contributed by atoms with Crippen LogP contribution in [0.2, 0.25) is 0 Å². The summed E-state index contributed by atoms with van der Waals surface area (Å²) in [5.74, 6) is -0.850. The fraction of sp³-hybridized carbons (Fsp3) is 0.231. The molecule has 0 aliphatic carbocycles. The van der Waals surface area contributed by atoms with Gasteiger partial charge >= 0.3 is 5.97 Å². The Kier molecular flexibility index (Phi) is 2.95. The molecule has 0 saturated carbocycles. The van der Waals surface area contributed by atoms with Crippen molar-refractivity contribution in [1.29, 1.82) is 0 Å². The molecule has 4 nitrogen and oxygen atoms in total. The lowest BCUT2D eigenvalue weighted by atomic mass is 10.1. The third kappa shape index (κ3) is 2.36. The van der Waals surface area contributed by atoms with Crippen LogP contribution >= 0.6 is 0 Å². The maximum absolute atomic E-state index is 10.8. The molecule has 88 valence electrons. The number of carboxylic acids is 1. The first kappa shape index (κ1) is 11.4. The maximum Gasteiger partial charge on any atom is 0.309 e. The molecule has 17 heavy (non-hydrogen) atoms. The van der Waals surface area contributed by atoms with Crippen molar-refractivity contribution in [2.45, 2.75) is 20.3 Å². The molecule has 1 heterocycles. The van der Waals surface area contributed by atoms with E-state index < -0.39 is 5.97 Å². The quantitative estimate of drug-likeness (QED) is 0.878. The van der Waals surface area contributed by atoms with Gasteiger partial charge in [0.1, 0.15) is 0 Å². The summed E-state index contributed by atoms with van der Waals surface area (Å²) in [4.78, 5) is 10.8. The van der Waals surface area contributed by atoms with Crippen molar-refractivity contribution in [2.75, 3.05) is 0 Å². The van der Waals surface area contributed by atoms with Crippen LogP contribution in [0.3, 0.4) is 0 Å². The summed E-state index contributed by atoms with van der Waals surface area (Å²) < 4.78 is 1.69. The molecule has 0 amide bonds. The molecule has 2 rings (SSSR count). The molecule has 0 aliphatic heterocycles. The highest BCUT2D eigenvalue weighted by atomic mass is 16.4. The van der Waals surface area contributed by atoms with E-state index in [-0.39, 0.29) is 6.42 Å². The van der Waals surface area contributed by atoms with E-state index in [0.29, 0.717) is 5.69 Å². The van der Waals surface area contributed by atoms with Gasteiger partial charge in [0.05, 0.1) is 17.8 Å². The number of hydrogen-bond acceptors (Lipinski definition) is 2. The van der Waals surface area contributed by atoms with E-state index in [1.54, 1.807) is 16.9 Å². The van der Waals surface area contributed by atoms with Crippen LogP contribution in [0, 0.1) is 13.8 Å². The zero-order valence-corrected chi connectivity index (χ0v) is 9.84. The van der Waals surface area contributed by atoms with E-state index in [4.69, 9.17) is 5.11 Å². The van der Waals surface area contributed by atoms with Crippen LogP contribution in [-0.2, 0) is 11.2 Å². The largest absolute Gasteiger partial charge is 0.481 e. The van der Waals surface area contributed by atoms with E-state index in [1.165, 1.54) is 0 Å². The van der Waals surface area contributed by atoms with Crippen LogP contribution in [0.15, 0.2) is 30.5 Å². The minimum Gasteiger partial charge on any atom is -0.481 e. The Balaban J connectivity index is 2.49. The number of aromatic nitrogens is 2. The molecule has 0 radical (unpaired) electrons. The van der Waals surface area contributed by atoms with E-state index in [2.05, 4.69) is 5.10 Å². The smallest absolute Gasteiger partial charge is 0.309 e. The Bertz CT molecular complexity index is 558. The molecule has 1 aromatic heterocycles. The van der Waals surface area contributed by atoms with E-state index >= 15 is 0 Å². The minimum atomic E-state index is -0.850. The first-order valence-corrected chi connectivity index (χ1v) is 5.40. The normalized spacial score (nSPS) is 10.5. The minimum absolute atomic E-state index is 0.0205. The molecular weight excluding hydrogens is 216 g/mol. The molecule has 0 unspecified atom stereocenters. The van der Waals surface area contributed by atoms with Gasteiger partial charge in [0.2, 0.25) is 0 Å². The average Bonchev–Trinajstić information content (AvgIpc) is 2.69. The summed E-state index contributed by atoms with van der Waals surface area (Å²) in [5.41, 5.74) is 3.82. The van der Waals surface area contributed by atoms with Gasteiger partial charge in [-0.05, 0) is 37.1 Å². The number of carbonyl (C=O) groups is 1. The van der Waals surface area contributed by atoms with Gasteiger partial charge in [-0.25, -0.2) is 4.68 Å². The number of nitrogens with zero attached hydrogens (tertiary/aromatic N) is 2. The van der Waals surface area contributed by atoms with Crippen molar-refractivity contribution in [2.24, 2.45) is 0 Å². The van der Waals surface area contributed by atoms with Crippen molar-refractivity contribution in [3.63, 3.8) is 0 Å². The van der Waals surface area contributed by atoms with Crippen molar-refractivity contribution in [3.05, 3.63) is 47.3 Å². The number of benzene rings is 1. The lowest BCUT2D eigenvalue weighted by Crippen LogP contribution is -2.09. The Morgan fingerprint density at radius 3 is 2.82 bits per heavy atom. The predicted molar refractivity (Wildman–Crippen MR) is 64.4 cm³/mol. The molecule has 2 aromatic rings. The Morgan fingerprint density at radius 2 is 2.12 bits per heavy atom. The number of hydrogen-bond donors (Lipinski definition) is 1. The second-order valence-electron chi connectivity index (χ2n) is 4.09. The lowest BCUT2D eigenvalue weighted by molar-refractivity contribution is -0.136. The zero-order valence-electron chi connectivity index (χ0n) is 9.84. The molecule has 0 bridgehead atoms. The van der Waals surface area contributed by atoms with Crippen molar-refractivity contribution in [3.8, 4) is 5.69 Å². The van der Waals surface area contributed by atoms with Gasteiger partial charge < -0.3 is 5.11 Å². The average molecular weight is 230 g/mol. The predicted octanol–water partition coefficient (Wildman–Crippen LogP) is 2.12. The summed E-state index contributed by atoms with van der Waals surface area (Å²) >= 11 is 0. The van der Waals surface area contributed by atoms with Crippen LogP contribution < -0.4 is 0 Å². The third-order valence-corrected chi connectivity index (χ3v) is 2.65. The van der Waals surface area contributed by atoms with E-state index in [0.717, 1.165) is 16.8 Å². The van der Waals surface area contributed by atoms with Crippen LogP contribution in [-0.4, -0.2) is 20.9 Å². The van der Waals surface area contributed by atoms with E-state index in [1.807, 2.05) is 32.0 Å². The van der Waals surface area contributed by atoms with Gasteiger partial charge in [-0.2, -0.15) is 5.10 Å². The highest BCUT2D eigenvalue weighted by molar-refractivity contribution is 5.69. The monoisotopic (exact) mass is 230 g/mol. The summed E-state index contributed by atoms with van der Waals surface area (Å²) in [7, 11) is 0. The third-order valence-electron chi connectivity index (χ3n) is 2.65. The van der Waals surface area contributed by atoms with Crippen molar-refractivity contribution < 1.29 is 9.90 Å². The molecule has 0 fully saturated rings. The molecule has 1 aromatic carbocycles. The fourth-order valence-corrected chi connectivity index (χ4v) is 1.78. The molecule has 4 heteroatoms. The Labute approximate surface area is 99.5 Å². The van der Waals surface area contributed by atoms with Gasteiger partial charge in [-0.15, -0.1) is 0 Å². The maximum atomic E-state index is 10.8. The van der Waals surface area contributed by atoms with Gasteiger partial charge in [0, 0.05) is 6.20 Å². The molecule has 0 aliphatic rings. The summed E-state index contributed by atoms with van der Waals surface area (Å²) in [6.45, 7) is 3.99. The van der Waals surface area contributed by atoms with Gasteiger partial charge in [0.25, 0.3) is 0 Å². The molecular formula is C13H14N2O2. The number of aryl methyl sites for hydroxylation is 2. The van der Waals surface area contributed by atoms with Crippen LogP contribution in [0.1, 0.15) is 16.8 Å². The standard InChI is InChI=1S/C13H14N2O2/c1-9-3-4-10(2)12(7-9)15-11(5-6-14-15)8-13(16)17/h3-7H,8H2,1-2H3,(H,16,17). The topological polar surface area (TPSA) is 55.1 Å². The molecule has 0 atom stereocenters. The highest BCUT2D eigenvalue weighted by Crippen LogP contribution is 2.17. The summed E-state index contributed by atoms with van der Waals surface area (Å²) in [6.07, 6.45) is 1.60. The van der Waals surface area contributed by atoms with Gasteiger partial charge in [-0.3, -0.25) is 4.79 Å². The van der Waals surface area contributed by atoms with Crippen LogP contribution in [0.4, 0.5) is 0 Å². The summed E-state index contributed by atoms with van der Waals surface area (Å²) in [6, 6.07) is 7.78. The molecule has 1 N–H and O–H groups in total.